The number of likely N-dealkylation sites (tertiary alicyclic amines) is 1. The summed E-state index contributed by atoms with van der Waals surface area (Å²) in [7, 11) is 0. The van der Waals surface area contributed by atoms with Gasteiger partial charge in [-0.15, -0.1) is 24.8 Å². The maximum atomic E-state index is 12.1. The van der Waals surface area contributed by atoms with Crippen LogP contribution in [0.3, 0.4) is 0 Å². The maximum Gasteiger partial charge on any atom is 0.241 e. The van der Waals surface area contributed by atoms with E-state index in [1.165, 1.54) is 0 Å². The zero-order valence-electron chi connectivity index (χ0n) is 13.9. The number of rotatable bonds is 4. The molecule has 3 N–H and O–H groups in total. The predicted octanol–water partition coefficient (Wildman–Crippen LogP) is 2.11. The normalized spacial score (nSPS) is 14.5. The summed E-state index contributed by atoms with van der Waals surface area (Å²) < 4.78 is 5.81. The Hall–Kier alpha value is -1.54. The number of piperidine rings is 1. The molecule has 0 aliphatic carbocycles. The number of nitrogens with zero attached hydrogens (tertiary/aromatic N) is 2. The predicted molar refractivity (Wildman–Crippen MR) is 104 cm³/mol. The van der Waals surface area contributed by atoms with Crippen LogP contribution in [0.25, 0.3) is 11.1 Å². The summed E-state index contributed by atoms with van der Waals surface area (Å²) in [5.74, 6) is 0.442. The zero-order valence-corrected chi connectivity index (χ0v) is 16.3. The van der Waals surface area contributed by atoms with Crippen LogP contribution in [0.5, 0.6) is 0 Å². The summed E-state index contributed by atoms with van der Waals surface area (Å²) in [6.45, 7) is 1.10. The number of benzene rings is 1. The van der Waals surface area contributed by atoms with E-state index >= 15 is 0 Å². The third kappa shape index (κ3) is 5.23. The Morgan fingerprint density at radius 1 is 1.31 bits per heavy atom. The van der Waals surface area contributed by atoms with Crippen molar-refractivity contribution in [1.82, 2.24) is 15.2 Å². The van der Waals surface area contributed by atoms with Gasteiger partial charge in [-0.25, -0.2) is 4.98 Å². The van der Waals surface area contributed by atoms with Crippen molar-refractivity contribution in [2.45, 2.75) is 18.8 Å². The highest BCUT2D eigenvalue weighted by Gasteiger charge is 2.27. The van der Waals surface area contributed by atoms with Crippen LogP contribution < -0.4 is 11.1 Å². The number of hydrogen-bond acceptors (Lipinski definition) is 5. The molecule has 1 aromatic carbocycles. The van der Waals surface area contributed by atoms with Crippen molar-refractivity contribution in [2.75, 3.05) is 26.2 Å². The number of aromatic nitrogens is 1. The SMILES string of the molecule is Cl.Cl.NCC(=O)NCC(=O)N1CCC(c2nc3cc(Cl)ccc3o2)CC1. The summed E-state index contributed by atoms with van der Waals surface area (Å²) >= 11 is 5.97. The molecule has 1 aliphatic heterocycles. The molecule has 0 atom stereocenters. The topological polar surface area (TPSA) is 101 Å². The molecule has 0 radical (unpaired) electrons. The quantitative estimate of drug-likeness (QED) is 0.784. The van der Waals surface area contributed by atoms with Gasteiger partial charge < -0.3 is 20.4 Å². The summed E-state index contributed by atoms with van der Waals surface area (Å²) in [6.07, 6.45) is 1.55. The van der Waals surface area contributed by atoms with Gasteiger partial charge in [-0.05, 0) is 31.0 Å². The van der Waals surface area contributed by atoms with Gasteiger partial charge in [0.15, 0.2) is 11.5 Å². The van der Waals surface area contributed by atoms with Crippen LogP contribution in [0.4, 0.5) is 0 Å². The lowest BCUT2D eigenvalue weighted by Crippen LogP contribution is -2.44. The standard InChI is InChI=1S/C16H19ClN4O3.2ClH/c17-11-1-2-13-12(7-11)20-16(24-13)10-3-5-21(6-4-10)15(23)9-19-14(22)8-18;;/h1-2,7,10H,3-6,8-9,18H2,(H,19,22);2*1H. The van der Waals surface area contributed by atoms with Crippen LogP contribution in [0, 0.1) is 0 Å². The van der Waals surface area contributed by atoms with Gasteiger partial charge in [0, 0.05) is 24.0 Å². The number of oxazole rings is 1. The van der Waals surface area contributed by atoms with E-state index in [9.17, 15) is 9.59 Å². The summed E-state index contributed by atoms with van der Waals surface area (Å²) in [4.78, 5) is 29.4. The molecule has 3 rings (SSSR count). The fraction of sp³-hybridized carbons (Fsp3) is 0.438. The van der Waals surface area contributed by atoms with Crippen molar-refractivity contribution in [3.05, 3.63) is 29.1 Å². The molecule has 0 saturated carbocycles. The van der Waals surface area contributed by atoms with E-state index in [0.717, 1.165) is 23.9 Å². The van der Waals surface area contributed by atoms with E-state index in [-0.39, 0.29) is 55.6 Å². The van der Waals surface area contributed by atoms with Crippen molar-refractivity contribution >= 4 is 59.3 Å². The molecule has 1 fully saturated rings. The van der Waals surface area contributed by atoms with E-state index in [0.29, 0.717) is 24.0 Å². The first-order valence-electron chi connectivity index (χ1n) is 7.87. The van der Waals surface area contributed by atoms with Crippen molar-refractivity contribution in [1.29, 1.82) is 0 Å². The van der Waals surface area contributed by atoms with Crippen molar-refractivity contribution in [3.8, 4) is 0 Å². The van der Waals surface area contributed by atoms with E-state index in [1.54, 1.807) is 17.0 Å². The molecule has 2 aromatic rings. The van der Waals surface area contributed by atoms with Crippen LogP contribution in [0.2, 0.25) is 5.02 Å². The summed E-state index contributed by atoms with van der Waals surface area (Å²) in [6, 6.07) is 5.37. The molecule has 2 amide bonds. The Balaban J connectivity index is 0.00000169. The number of carbonyl (C=O) groups excluding carboxylic acids is 2. The monoisotopic (exact) mass is 422 g/mol. The van der Waals surface area contributed by atoms with Crippen LogP contribution in [-0.2, 0) is 9.59 Å². The first-order chi connectivity index (χ1) is 11.6. The second-order valence-electron chi connectivity index (χ2n) is 5.80. The fourth-order valence-electron chi connectivity index (χ4n) is 2.83. The molecule has 2 heterocycles. The molecule has 1 aliphatic rings. The van der Waals surface area contributed by atoms with Crippen molar-refractivity contribution < 1.29 is 14.0 Å². The lowest BCUT2D eigenvalue weighted by atomic mass is 9.97. The molecule has 7 nitrogen and oxygen atoms in total. The number of carbonyl (C=O) groups is 2. The van der Waals surface area contributed by atoms with E-state index in [2.05, 4.69) is 10.3 Å². The van der Waals surface area contributed by atoms with Gasteiger partial charge in [0.05, 0.1) is 13.1 Å². The van der Waals surface area contributed by atoms with Gasteiger partial charge >= 0.3 is 0 Å². The molecule has 144 valence electrons. The highest BCUT2D eigenvalue weighted by molar-refractivity contribution is 6.31. The van der Waals surface area contributed by atoms with Gasteiger partial charge in [0.1, 0.15) is 5.52 Å². The molecule has 10 heteroatoms. The van der Waals surface area contributed by atoms with E-state index < -0.39 is 0 Å². The molecule has 0 bridgehead atoms. The largest absolute Gasteiger partial charge is 0.440 e. The zero-order chi connectivity index (χ0) is 17.1. The number of nitrogens with two attached hydrogens (primary N) is 1. The van der Waals surface area contributed by atoms with Crippen LogP contribution in [0.1, 0.15) is 24.7 Å². The number of fused-ring (bicyclic) bond motifs is 1. The van der Waals surface area contributed by atoms with Crippen LogP contribution in [-0.4, -0.2) is 47.9 Å². The minimum absolute atomic E-state index is 0. The second-order valence-corrected chi connectivity index (χ2v) is 6.24. The molecular weight excluding hydrogens is 403 g/mol. The molecule has 0 unspecified atom stereocenters. The molecule has 1 aromatic heterocycles. The minimum atomic E-state index is -0.330. The minimum Gasteiger partial charge on any atom is -0.440 e. The Morgan fingerprint density at radius 2 is 2.00 bits per heavy atom. The number of nitrogens with one attached hydrogen (secondary N) is 1. The number of amides is 2. The average molecular weight is 424 g/mol. The van der Waals surface area contributed by atoms with Gasteiger partial charge in [-0.3, -0.25) is 9.59 Å². The Kier molecular flexibility index (Phi) is 8.62. The summed E-state index contributed by atoms with van der Waals surface area (Å²) in [5, 5.41) is 3.12. The Labute approximate surface area is 168 Å². The third-order valence-electron chi connectivity index (χ3n) is 4.19. The lowest BCUT2D eigenvalue weighted by molar-refractivity contribution is -0.133. The second kappa shape index (κ2) is 9.97. The first-order valence-corrected chi connectivity index (χ1v) is 8.25. The maximum absolute atomic E-state index is 12.1. The smallest absolute Gasteiger partial charge is 0.241 e. The van der Waals surface area contributed by atoms with E-state index in [4.69, 9.17) is 21.8 Å². The number of halogens is 3. The highest BCUT2D eigenvalue weighted by Crippen LogP contribution is 2.30. The van der Waals surface area contributed by atoms with Gasteiger partial charge in [-0.2, -0.15) is 0 Å². The van der Waals surface area contributed by atoms with Crippen molar-refractivity contribution in [2.24, 2.45) is 5.73 Å². The number of hydrogen-bond donors (Lipinski definition) is 2. The average Bonchev–Trinajstić information content (AvgIpc) is 3.02. The molecular formula is C16H21Cl3N4O3. The third-order valence-corrected chi connectivity index (χ3v) is 4.42. The molecule has 1 saturated heterocycles. The highest BCUT2D eigenvalue weighted by atomic mass is 35.5. The van der Waals surface area contributed by atoms with Crippen molar-refractivity contribution in [3.63, 3.8) is 0 Å². The van der Waals surface area contributed by atoms with Gasteiger partial charge in [-0.1, -0.05) is 11.6 Å². The summed E-state index contributed by atoms with van der Waals surface area (Å²) in [5.41, 5.74) is 6.67. The van der Waals surface area contributed by atoms with Gasteiger partial charge in [0.2, 0.25) is 11.8 Å². The lowest BCUT2D eigenvalue weighted by Gasteiger charge is -2.30. The van der Waals surface area contributed by atoms with Crippen LogP contribution >= 0.6 is 36.4 Å². The Morgan fingerprint density at radius 3 is 2.65 bits per heavy atom. The fourth-order valence-corrected chi connectivity index (χ4v) is 2.99. The molecule has 0 spiro atoms. The van der Waals surface area contributed by atoms with Crippen LogP contribution in [0.15, 0.2) is 22.6 Å². The Bertz CT molecular complexity index is 760. The van der Waals surface area contributed by atoms with E-state index in [1.807, 2.05) is 6.07 Å². The van der Waals surface area contributed by atoms with Gasteiger partial charge in [0.25, 0.3) is 0 Å². The first kappa shape index (κ1) is 22.5. The molecule has 26 heavy (non-hydrogen) atoms.